The van der Waals surface area contributed by atoms with Crippen molar-refractivity contribution in [2.75, 3.05) is 0 Å². The van der Waals surface area contributed by atoms with Crippen LogP contribution in [0.2, 0.25) is 0 Å². The predicted octanol–water partition coefficient (Wildman–Crippen LogP) is 2.34. The van der Waals surface area contributed by atoms with Crippen LogP contribution in [0.15, 0.2) is 0 Å². The number of esters is 1. The summed E-state index contributed by atoms with van der Waals surface area (Å²) in [5.41, 5.74) is -0.511. The number of hydrogen-bond acceptors (Lipinski definition) is 7. The third-order valence-electron chi connectivity index (χ3n) is 1.10. The van der Waals surface area contributed by atoms with Crippen LogP contribution in [0, 0.1) is 0 Å². The second-order valence-electron chi connectivity index (χ2n) is 2.05. The first-order chi connectivity index (χ1) is 6.13. The van der Waals surface area contributed by atoms with E-state index in [1.165, 1.54) is 0 Å². The number of carbonyl (C=O) groups is 2. The molecule has 0 bridgehead atoms. The topological polar surface area (TPSA) is 43.4 Å². The zero-order valence-corrected chi connectivity index (χ0v) is 10.3. The standard InChI is InChI=1S/C6H10O3S4/c1-2-4(7)9-6(13-11)3-5(8)12-10/h6,10-11H,2-3H2,1H3. The maximum atomic E-state index is 10.9. The minimum Gasteiger partial charge on any atom is -0.450 e. The van der Waals surface area contributed by atoms with Crippen LogP contribution in [0.3, 0.4) is 0 Å². The van der Waals surface area contributed by atoms with E-state index in [4.69, 9.17) is 4.74 Å². The summed E-state index contributed by atoms with van der Waals surface area (Å²) in [6.45, 7) is 1.69. The summed E-state index contributed by atoms with van der Waals surface area (Å²) in [5, 5.41) is -0.140. The lowest BCUT2D eigenvalue weighted by Gasteiger charge is -2.12. The van der Waals surface area contributed by atoms with Crippen LogP contribution in [0.1, 0.15) is 19.8 Å². The lowest BCUT2D eigenvalue weighted by Crippen LogP contribution is -2.15. The molecule has 0 N–H and O–H groups in total. The summed E-state index contributed by atoms with van der Waals surface area (Å²) in [5.74, 6) is -0.330. The van der Waals surface area contributed by atoms with E-state index in [9.17, 15) is 9.59 Å². The normalized spacial score (nSPS) is 12.2. The van der Waals surface area contributed by atoms with Gasteiger partial charge in [0.2, 0.25) is 5.12 Å². The number of thiol groups is 2. The largest absolute Gasteiger partial charge is 0.450 e. The van der Waals surface area contributed by atoms with Gasteiger partial charge in [0.1, 0.15) is 0 Å². The highest BCUT2D eigenvalue weighted by atomic mass is 33.1. The van der Waals surface area contributed by atoms with Crippen molar-refractivity contribution in [3.8, 4) is 0 Å². The smallest absolute Gasteiger partial charge is 0.306 e. The Bertz CT molecular complexity index is 167. The summed E-state index contributed by atoms with van der Waals surface area (Å²) >= 11 is 7.63. The van der Waals surface area contributed by atoms with E-state index in [-0.39, 0.29) is 17.5 Å². The molecule has 0 rings (SSSR count). The van der Waals surface area contributed by atoms with Gasteiger partial charge in [-0.2, -0.15) is 0 Å². The third kappa shape index (κ3) is 6.59. The molecular formula is C6H10O3S4. The number of rotatable bonds is 5. The molecule has 0 saturated carbocycles. The minimum absolute atomic E-state index is 0.133. The molecule has 0 aromatic rings. The van der Waals surface area contributed by atoms with Crippen molar-refractivity contribution in [1.82, 2.24) is 0 Å². The predicted molar refractivity (Wildman–Crippen MR) is 62.9 cm³/mol. The Labute approximate surface area is 95.4 Å². The molecule has 0 aliphatic heterocycles. The minimum atomic E-state index is -0.511. The summed E-state index contributed by atoms with van der Waals surface area (Å²) in [6.07, 6.45) is 0.432. The second kappa shape index (κ2) is 7.90. The molecule has 0 heterocycles. The Kier molecular flexibility index (Phi) is 8.23. The molecule has 0 aliphatic rings. The van der Waals surface area contributed by atoms with E-state index < -0.39 is 5.44 Å². The van der Waals surface area contributed by atoms with E-state index in [2.05, 4.69) is 23.3 Å². The first-order valence-corrected chi connectivity index (χ1v) is 7.28. The van der Waals surface area contributed by atoms with E-state index in [0.717, 1.165) is 21.6 Å². The average molecular weight is 258 g/mol. The molecule has 0 aromatic heterocycles. The highest BCUT2D eigenvalue weighted by Gasteiger charge is 2.16. The maximum absolute atomic E-state index is 10.9. The van der Waals surface area contributed by atoms with Crippen molar-refractivity contribution in [2.24, 2.45) is 0 Å². The monoisotopic (exact) mass is 258 g/mol. The maximum Gasteiger partial charge on any atom is 0.306 e. The van der Waals surface area contributed by atoms with Crippen LogP contribution in [0.5, 0.6) is 0 Å². The van der Waals surface area contributed by atoms with E-state index in [1.54, 1.807) is 6.92 Å². The van der Waals surface area contributed by atoms with Crippen molar-refractivity contribution >= 4 is 56.0 Å². The van der Waals surface area contributed by atoms with Crippen molar-refractivity contribution in [1.29, 1.82) is 0 Å². The van der Waals surface area contributed by atoms with Gasteiger partial charge in [0, 0.05) is 6.42 Å². The van der Waals surface area contributed by atoms with Gasteiger partial charge in [-0.05, 0) is 10.8 Å². The Morgan fingerprint density at radius 1 is 1.46 bits per heavy atom. The molecular weight excluding hydrogens is 248 g/mol. The van der Waals surface area contributed by atoms with Gasteiger partial charge in [-0.1, -0.05) is 17.7 Å². The molecule has 1 atom stereocenters. The summed E-state index contributed by atoms with van der Waals surface area (Å²) in [7, 11) is 1.86. The van der Waals surface area contributed by atoms with Gasteiger partial charge in [-0.25, -0.2) is 0 Å². The lowest BCUT2D eigenvalue weighted by molar-refractivity contribution is -0.145. The summed E-state index contributed by atoms with van der Waals surface area (Å²) < 4.78 is 4.90. The van der Waals surface area contributed by atoms with E-state index in [0.29, 0.717) is 6.42 Å². The highest BCUT2D eigenvalue weighted by molar-refractivity contribution is 8.74. The van der Waals surface area contributed by atoms with Gasteiger partial charge < -0.3 is 4.74 Å². The Balaban J connectivity index is 3.89. The van der Waals surface area contributed by atoms with Crippen molar-refractivity contribution in [3.05, 3.63) is 0 Å². The molecule has 1 unspecified atom stereocenters. The zero-order valence-electron chi connectivity index (χ0n) is 6.93. The fourth-order valence-electron chi connectivity index (χ4n) is 0.504. The molecule has 0 aromatic carbocycles. The van der Waals surface area contributed by atoms with Crippen LogP contribution < -0.4 is 0 Å². The molecule has 0 amide bonds. The zero-order chi connectivity index (χ0) is 10.3. The van der Waals surface area contributed by atoms with Crippen molar-refractivity contribution < 1.29 is 14.3 Å². The molecule has 0 spiro atoms. The van der Waals surface area contributed by atoms with Gasteiger partial charge in [-0.3, -0.25) is 9.59 Å². The van der Waals surface area contributed by atoms with Crippen LogP contribution in [-0.2, 0) is 14.3 Å². The average Bonchev–Trinajstić information content (AvgIpc) is 2.16. The first kappa shape index (κ1) is 13.5. The Morgan fingerprint density at radius 2 is 2.08 bits per heavy atom. The lowest BCUT2D eigenvalue weighted by atomic mass is 10.5. The number of ether oxygens (including phenoxy) is 1. The summed E-state index contributed by atoms with van der Waals surface area (Å²) in [6, 6.07) is 0. The SMILES string of the molecule is CCC(=O)OC(CC(=O)SS)SS. The summed E-state index contributed by atoms with van der Waals surface area (Å²) in [4.78, 5) is 21.7. The Morgan fingerprint density at radius 3 is 2.46 bits per heavy atom. The van der Waals surface area contributed by atoms with E-state index >= 15 is 0 Å². The molecule has 7 heteroatoms. The number of hydrogen-bond donors (Lipinski definition) is 2. The Hall–Kier alpha value is 0.540. The van der Waals surface area contributed by atoms with Crippen LogP contribution in [0.25, 0.3) is 0 Å². The van der Waals surface area contributed by atoms with Gasteiger partial charge in [0.05, 0.1) is 6.42 Å². The highest BCUT2D eigenvalue weighted by Crippen LogP contribution is 2.23. The molecule has 0 aliphatic carbocycles. The first-order valence-electron chi connectivity index (χ1n) is 3.48. The molecule has 0 radical (unpaired) electrons. The van der Waals surface area contributed by atoms with Crippen LogP contribution in [-0.4, -0.2) is 16.5 Å². The third-order valence-corrected chi connectivity index (χ3v) is 3.29. The second-order valence-corrected chi connectivity index (χ2v) is 4.60. The fraction of sp³-hybridized carbons (Fsp3) is 0.667. The molecule has 3 nitrogen and oxygen atoms in total. The van der Waals surface area contributed by atoms with Crippen LogP contribution in [0.4, 0.5) is 0 Å². The van der Waals surface area contributed by atoms with Gasteiger partial charge in [-0.15, -0.1) is 23.3 Å². The van der Waals surface area contributed by atoms with E-state index in [1.807, 2.05) is 0 Å². The van der Waals surface area contributed by atoms with Crippen LogP contribution >= 0.6 is 44.9 Å². The van der Waals surface area contributed by atoms with Gasteiger partial charge in [0.25, 0.3) is 0 Å². The molecule has 13 heavy (non-hydrogen) atoms. The van der Waals surface area contributed by atoms with Gasteiger partial charge >= 0.3 is 5.97 Å². The molecule has 76 valence electrons. The quantitative estimate of drug-likeness (QED) is 0.343. The fourth-order valence-corrected chi connectivity index (χ4v) is 1.79. The molecule has 0 saturated heterocycles. The number of carbonyl (C=O) groups excluding carboxylic acids is 2. The molecule has 0 fully saturated rings. The van der Waals surface area contributed by atoms with Gasteiger partial charge in [0.15, 0.2) is 5.44 Å². The van der Waals surface area contributed by atoms with Crippen molar-refractivity contribution in [2.45, 2.75) is 25.2 Å². The van der Waals surface area contributed by atoms with Crippen molar-refractivity contribution in [3.63, 3.8) is 0 Å².